The van der Waals surface area contributed by atoms with E-state index < -0.39 is 69.7 Å². The van der Waals surface area contributed by atoms with Crippen LogP contribution < -0.4 is 10.4 Å². The maximum absolute atomic E-state index is 13.5. The summed E-state index contributed by atoms with van der Waals surface area (Å²) in [7, 11) is -2.88. The summed E-state index contributed by atoms with van der Waals surface area (Å²) in [4.78, 5) is 33.0. The Morgan fingerprint density at radius 2 is 1.95 bits per heavy atom. The minimum atomic E-state index is -4.38. The van der Waals surface area contributed by atoms with Gasteiger partial charge in [-0.25, -0.2) is 24.4 Å². The molecule has 1 aromatic carbocycles. The average molecular weight is 626 g/mol. The molecule has 0 saturated carbocycles. The number of esters is 2. The average Bonchev–Trinajstić information content (AvgIpc) is 3.50. The molecule has 43 heavy (non-hydrogen) atoms. The van der Waals surface area contributed by atoms with Gasteiger partial charge in [-0.15, -0.1) is 0 Å². The number of aliphatic hydroxyl groups excluding tert-OH is 1. The van der Waals surface area contributed by atoms with Gasteiger partial charge in [0.15, 0.2) is 24.9 Å². The van der Waals surface area contributed by atoms with Crippen molar-refractivity contribution in [3.05, 3.63) is 47.9 Å². The van der Waals surface area contributed by atoms with Crippen LogP contribution in [0.2, 0.25) is 0 Å². The minimum Gasteiger partial charge on any atom is -0.465 e. The highest BCUT2D eigenvalue weighted by Gasteiger charge is 2.54. The number of aliphatic imine (C=N–C) groups is 1. The molecule has 1 fully saturated rings. The molecule has 3 unspecified atom stereocenters. The lowest BCUT2D eigenvalue weighted by Gasteiger charge is -2.29. The summed E-state index contributed by atoms with van der Waals surface area (Å²) >= 11 is 0. The molecule has 0 amide bonds. The quantitative estimate of drug-likeness (QED) is 0.172. The zero-order valence-electron chi connectivity index (χ0n) is 24.2. The maximum Gasteiger partial charge on any atom is 0.406 e. The number of ether oxygens (including phenoxy) is 4. The Kier molecular flexibility index (Phi) is 10.7. The molecule has 6 atom stereocenters. The topological polar surface area (TPSA) is 201 Å². The third-order valence-electron chi connectivity index (χ3n) is 6.63. The third kappa shape index (κ3) is 7.85. The fourth-order valence-electron chi connectivity index (χ4n) is 4.43. The van der Waals surface area contributed by atoms with Gasteiger partial charge in [-0.2, -0.15) is 0 Å². The number of amidine groups is 1. The lowest BCUT2D eigenvalue weighted by Crippen LogP contribution is -2.44. The summed E-state index contributed by atoms with van der Waals surface area (Å²) < 4.78 is 47.0. The number of hydrogen-bond acceptors (Lipinski definition) is 14. The number of fused-ring (bicyclic) bond motifs is 1. The van der Waals surface area contributed by atoms with Crippen molar-refractivity contribution < 1.29 is 52.4 Å². The second kappa shape index (κ2) is 14.1. The smallest absolute Gasteiger partial charge is 0.406 e. The highest BCUT2D eigenvalue weighted by atomic mass is 31.2. The van der Waals surface area contributed by atoms with Crippen LogP contribution in [0.1, 0.15) is 44.5 Å². The van der Waals surface area contributed by atoms with Crippen molar-refractivity contribution in [1.29, 1.82) is 0 Å². The van der Waals surface area contributed by atoms with Gasteiger partial charge >= 0.3 is 19.7 Å². The summed E-state index contributed by atoms with van der Waals surface area (Å²) in [5.41, 5.74) is -0.690. The molecule has 2 aliphatic heterocycles. The van der Waals surface area contributed by atoms with Gasteiger partial charge in [0.2, 0.25) is 0 Å². The Bertz CT molecular complexity index is 1350. The first-order valence-electron chi connectivity index (χ1n) is 13.4. The minimum absolute atomic E-state index is 0.0360. The van der Waals surface area contributed by atoms with E-state index in [9.17, 15) is 24.4 Å². The van der Waals surface area contributed by atoms with E-state index >= 15 is 0 Å². The van der Waals surface area contributed by atoms with Crippen molar-refractivity contribution in [2.75, 3.05) is 33.5 Å². The van der Waals surface area contributed by atoms with Gasteiger partial charge in [0.1, 0.15) is 42.5 Å². The number of aliphatic hydroxyl groups is 2. The summed E-state index contributed by atoms with van der Waals surface area (Å²) in [6.45, 7) is 2.83. The molecular formula is C26H36N5O11P. The third-order valence-corrected chi connectivity index (χ3v) is 8.13. The van der Waals surface area contributed by atoms with E-state index in [1.165, 1.54) is 24.9 Å². The number of nitrogens with zero attached hydrogens (tertiary/aromatic N) is 3. The van der Waals surface area contributed by atoms with Crippen LogP contribution in [0.3, 0.4) is 0 Å². The molecule has 1 saturated heterocycles. The molecule has 236 valence electrons. The zero-order chi connectivity index (χ0) is 31.2. The molecule has 2 aliphatic rings. The van der Waals surface area contributed by atoms with E-state index in [2.05, 4.69) is 20.4 Å². The van der Waals surface area contributed by atoms with E-state index in [-0.39, 0.29) is 13.2 Å². The monoisotopic (exact) mass is 625 g/mol. The molecular weight excluding hydrogens is 589 g/mol. The number of nitrogens with one attached hydrogen (secondary N) is 2. The van der Waals surface area contributed by atoms with Crippen LogP contribution >= 0.6 is 7.75 Å². The maximum atomic E-state index is 13.5. The van der Waals surface area contributed by atoms with Crippen LogP contribution in [0.25, 0.3) is 0 Å². The Morgan fingerprint density at radius 3 is 2.65 bits per heavy atom. The number of carbonyl (C=O) groups excluding carboxylic acids is 2. The summed E-state index contributed by atoms with van der Waals surface area (Å²) in [5.74, 6) is -0.699. The van der Waals surface area contributed by atoms with Gasteiger partial charge in [0.25, 0.3) is 0 Å². The van der Waals surface area contributed by atoms with Gasteiger partial charge < -0.3 is 34.5 Å². The van der Waals surface area contributed by atoms with Crippen LogP contribution in [-0.4, -0.2) is 88.8 Å². The van der Waals surface area contributed by atoms with Crippen molar-refractivity contribution >= 4 is 31.3 Å². The molecule has 0 spiro atoms. The molecule has 1 aromatic heterocycles. The molecule has 16 nitrogen and oxygen atoms in total. The van der Waals surface area contributed by atoms with Crippen LogP contribution in [0.15, 0.2) is 41.7 Å². The summed E-state index contributed by atoms with van der Waals surface area (Å²) in [6.07, 6.45) is -3.13. The van der Waals surface area contributed by atoms with E-state index in [1.807, 2.05) is 6.07 Å². The summed E-state index contributed by atoms with van der Waals surface area (Å²) in [6, 6.07) is 8.91. The number of imidazole rings is 1. The zero-order valence-corrected chi connectivity index (χ0v) is 25.1. The number of methoxy groups -OCH3 is 1. The number of hydrogen-bond donors (Lipinski definition) is 4. The highest BCUT2D eigenvalue weighted by Crippen LogP contribution is 2.47. The predicted octanol–water partition coefficient (Wildman–Crippen LogP) is 1.23. The molecule has 3 heterocycles. The van der Waals surface area contributed by atoms with Crippen LogP contribution in [-0.2, 0) is 48.8 Å². The normalized spacial score (nSPS) is 26.1. The van der Waals surface area contributed by atoms with Crippen LogP contribution in [0.5, 0.6) is 0 Å². The Hall–Kier alpha value is -3.21. The fraction of sp³-hybridized carbons (Fsp3) is 0.538. The van der Waals surface area contributed by atoms with Crippen molar-refractivity contribution in [3.63, 3.8) is 0 Å². The first kappa shape index (κ1) is 32.7. The summed E-state index contributed by atoms with van der Waals surface area (Å²) in [5, 5.41) is 27.6. The lowest BCUT2D eigenvalue weighted by molar-refractivity contribution is -0.147. The van der Waals surface area contributed by atoms with Gasteiger partial charge in [-0.3, -0.25) is 18.4 Å². The number of benzene rings is 1. The second-order valence-corrected chi connectivity index (χ2v) is 11.7. The first-order chi connectivity index (χ1) is 20.5. The number of aromatic nitrogens is 2. The molecule has 4 N–H and O–H groups in total. The van der Waals surface area contributed by atoms with Crippen LogP contribution in [0.4, 0.5) is 5.82 Å². The molecule has 4 rings (SSSR count). The Labute approximate surface area is 247 Å². The van der Waals surface area contributed by atoms with Crippen molar-refractivity contribution in [1.82, 2.24) is 20.0 Å². The van der Waals surface area contributed by atoms with Gasteiger partial charge in [-0.05, 0) is 26.3 Å². The van der Waals surface area contributed by atoms with Gasteiger partial charge in [0.05, 0.1) is 19.5 Å². The second-order valence-electron chi connectivity index (χ2n) is 9.87. The lowest BCUT2D eigenvalue weighted by atomic mass is 9.96. The Morgan fingerprint density at radius 1 is 1.21 bits per heavy atom. The SMILES string of the molecule is CCOC(=O)CNP(=O)(OCC(=O)OCc1ccccc1)OC[C@H]1O[C@@H](n2cnc3c2N=C(C)NC3OC)[C@@](C)(O)C1O. The van der Waals surface area contributed by atoms with Gasteiger partial charge in [-0.1, -0.05) is 30.3 Å². The molecule has 0 bridgehead atoms. The molecule has 0 radical (unpaired) electrons. The van der Waals surface area contributed by atoms with E-state index in [0.717, 1.165) is 5.56 Å². The van der Waals surface area contributed by atoms with Crippen molar-refractivity contribution in [2.24, 2.45) is 4.99 Å². The molecule has 0 aliphatic carbocycles. The van der Waals surface area contributed by atoms with Gasteiger partial charge in [0, 0.05) is 7.11 Å². The number of carbonyl (C=O) groups is 2. The fourth-order valence-corrected chi connectivity index (χ4v) is 5.63. The number of rotatable bonds is 14. The van der Waals surface area contributed by atoms with Crippen molar-refractivity contribution in [2.45, 2.75) is 57.6 Å². The van der Waals surface area contributed by atoms with E-state index in [4.69, 9.17) is 28.0 Å². The molecule has 17 heteroatoms. The van der Waals surface area contributed by atoms with Crippen LogP contribution in [0, 0.1) is 0 Å². The standard InChI is InChI=1S/C26H36N5O11P/c1-5-38-19(32)11-28-43(36,41-14-20(33)39-12-17-9-7-6-8-10-17)40-13-18-22(34)26(3,35)25(42-18)31-15-27-21-23(31)29-16(2)30-24(21)37-4/h6-10,15,18,22,24-25,34-35H,5,11-14H2,1-4H3,(H,28,36)(H,29,30)/t18-,22?,24?,25-,26+,43?/m1/s1. The van der Waals surface area contributed by atoms with E-state index in [0.29, 0.717) is 17.3 Å². The largest absolute Gasteiger partial charge is 0.465 e. The highest BCUT2D eigenvalue weighted by molar-refractivity contribution is 7.51. The predicted molar refractivity (Wildman–Crippen MR) is 149 cm³/mol. The first-order valence-corrected chi connectivity index (χ1v) is 15.0. The van der Waals surface area contributed by atoms with Crippen molar-refractivity contribution in [3.8, 4) is 0 Å². The van der Waals surface area contributed by atoms with E-state index in [1.54, 1.807) is 38.1 Å². The molecule has 2 aromatic rings. The Balaban J connectivity index is 1.44.